The van der Waals surface area contributed by atoms with Gasteiger partial charge < -0.3 is 19.6 Å². The van der Waals surface area contributed by atoms with Crippen molar-refractivity contribution in [2.45, 2.75) is 39.3 Å². The highest BCUT2D eigenvalue weighted by Crippen LogP contribution is 2.33. The van der Waals surface area contributed by atoms with Crippen molar-refractivity contribution in [3.63, 3.8) is 0 Å². The van der Waals surface area contributed by atoms with Gasteiger partial charge in [-0.15, -0.1) is 0 Å². The lowest BCUT2D eigenvalue weighted by molar-refractivity contribution is -0.123. The van der Waals surface area contributed by atoms with E-state index in [0.29, 0.717) is 16.6 Å². The molecule has 3 aromatic heterocycles. The Labute approximate surface area is 200 Å². The summed E-state index contributed by atoms with van der Waals surface area (Å²) in [6.45, 7) is 6.10. The SMILES string of the molecule is CC(=O)NC1CCN(Cc2coc3cc(Oc4nc5ncc(C)cc5s4)ccc23)CC1.O=CO. The number of carbonyl (C=O) groups excluding carboxylic acids is 1. The standard InChI is InChI=1S/C23H24N4O3S.CH2O2/c1-14-9-21-22(24-11-14)26-23(31-21)30-18-3-4-19-16(13-29-20(19)10-18)12-27-7-5-17(6-8-27)25-15(2)28;2-1-3/h3-4,9-11,13,17H,5-8,12H2,1-2H3,(H,25,28);1H,(H,2,3). The summed E-state index contributed by atoms with van der Waals surface area (Å²) in [6.07, 6.45) is 5.59. The first-order valence-electron chi connectivity index (χ1n) is 10.9. The van der Waals surface area contributed by atoms with Crippen molar-refractivity contribution in [2.24, 2.45) is 0 Å². The summed E-state index contributed by atoms with van der Waals surface area (Å²) in [6, 6.07) is 8.26. The minimum atomic E-state index is -0.250. The molecule has 1 saturated heterocycles. The normalized spacial score (nSPS) is 14.5. The van der Waals surface area contributed by atoms with Gasteiger partial charge in [0, 0.05) is 55.8 Å². The van der Waals surface area contributed by atoms with Gasteiger partial charge in [0.25, 0.3) is 11.7 Å². The minimum Gasteiger partial charge on any atom is -0.483 e. The van der Waals surface area contributed by atoms with Crippen LogP contribution >= 0.6 is 11.3 Å². The maximum Gasteiger partial charge on any atom is 0.290 e. The van der Waals surface area contributed by atoms with Crippen LogP contribution in [0.25, 0.3) is 21.3 Å². The number of benzene rings is 1. The van der Waals surface area contributed by atoms with E-state index in [1.165, 1.54) is 16.9 Å². The second-order valence-electron chi connectivity index (χ2n) is 8.19. The molecule has 1 fully saturated rings. The number of hydrogen-bond acceptors (Lipinski definition) is 8. The Morgan fingerprint density at radius 1 is 1.35 bits per heavy atom. The molecule has 9 nitrogen and oxygen atoms in total. The smallest absolute Gasteiger partial charge is 0.290 e. The van der Waals surface area contributed by atoms with Gasteiger partial charge in [0.1, 0.15) is 11.3 Å². The highest BCUT2D eigenvalue weighted by Gasteiger charge is 2.21. The summed E-state index contributed by atoms with van der Waals surface area (Å²) in [7, 11) is 0. The number of furan rings is 1. The Hall–Kier alpha value is -3.50. The summed E-state index contributed by atoms with van der Waals surface area (Å²) < 4.78 is 12.8. The lowest BCUT2D eigenvalue weighted by Gasteiger charge is -2.31. The molecule has 34 heavy (non-hydrogen) atoms. The van der Waals surface area contributed by atoms with Gasteiger partial charge in [0.2, 0.25) is 5.91 Å². The lowest BCUT2D eigenvalue weighted by atomic mass is 10.0. The average Bonchev–Trinajstić information content (AvgIpc) is 3.38. The number of pyridine rings is 1. The lowest BCUT2D eigenvalue weighted by Crippen LogP contribution is -2.43. The zero-order chi connectivity index (χ0) is 24.1. The number of aryl methyl sites for hydroxylation is 1. The highest BCUT2D eigenvalue weighted by molar-refractivity contribution is 7.20. The summed E-state index contributed by atoms with van der Waals surface area (Å²) in [4.78, 5) is 30.8. The number of hydrogen-bond donors (Lipinski definition) is 2. The molecule has 0 radical (unpaired) electrons. The number of carboxylic acid groups (broad SMARTS) is 1. The van der Waals surface area contributed by atoms with Gasteiger partial charge in [-0.3, -0.25) is 14.5 Å². The Morgan fingerprint density at radius 3 is 2.85 bits per heavy atom. The fourth-order valence-electron chi connectivity index (χ4n) is 4.06. The zero-order valence-electron chi connectivity index (χ0n) is 19.0. The third-order valence-electron chi connectivity index (χ3n) is 5.59. The van der Waals surface area contributed by atoms with Crippen molar-refractivity contribution in [3.8, 4) is 10.9 Å². The van der Waals surface area contributed by atoms with Crippen LogP contribution < -0.4 is 10.1 Å². The number of nitrogens with zero attached hydrogens (tertiary/aromatic N) is 3. The molecule has 0 atom stereocenters. The summed E-state index contributed by atoms with van der Waals surface area (Å²) in [5, 5.41) is 11.6. The molecule has 0 aliphatic carbocycles. The second-order valence-corrected chi connectivity index (χ2v) is 9.18. The predicted molar refractivity (Wildman–Crippen MR) is 129 cm³/mol. The Kier molecular flexibility index (Phi) is 7.39. The van der Waals surface area contributed by atoms with E-state index in [9.17, 15) is 4.79 Å². The maximum atomic E-state index is 11.2. The zero-order valence-corrected chi connectivity index (χ0v) is 19.8. The highest BCUT2D eigenvalue weighted by atomic mass is 32.1. The number of thiazole rings is 1. The number of rotatable bonds is 5. The third-order valence-corrected chi connectivity index (χ3v) is 6.45. The van der Waals surface area contributed by atoms with Crippen LogP contribution in [0.4, 0.5) is 0 Å². The number of piperidine rings is 1. The van der Waals surface area contributed by atoms with Gasteiger partial charge in [-0.1, -0.05) is 11.3 Å². The molecule has 0 saturated carbocycles. The summed E-state index contributed by atoms with van der Waals surface area (Å²) in [5.74, 6) is 0.745. The molecule has 1 aliphatic rings. The van der Waals surface area contributed by atoms with Crippen LogP contribution in [-0.4, -0.2) is 51.5 Å². The summed E-state index contributed by atoms with van der Waals surface area (Å²) >= 11 is 1.48. The van der Waals surface area contributed by atoms with Gasteiger partial charge in [-0.05, 0) is 43.5 Å². The third kappa shape index (κ3) is 5.70. The maximum absolute atomic E-state index is 11.2. The first-order valence-corrected chi connectivity index (χ1v) is 11.8. The topological polar surface area (TPSA) is 118 Å². The fraction of sp³-hybridized carbons (Fsp3) is 0.333. The molecule has 178 valence electrons. The van der Waals surface area contributed by atoms with Crippen molar-refractivity contribution in [2.75, 3.05) is 13.1 Å². The van der Waals surface area contributed by atoms with Crippen LogP contribution in [0.2, 0.25) is 0 Å². The Bertz CT molecular complexity index is 1290. The van der Waals surface area contributed by atoms with Gasteiger partial charge in [-0.2, -0.15) is 4.98 Å². The molecule has 1 aromatic carbocycles. The van der Waals surface area contributed by atoms with Crippen molar-refractivity contribution in [1.29, 1.82) is 0 Å². The Balaban J connectivity index is 0.000000868. The molecule has 10 heteroatoms. The molecular formula is C24H26N4O5S. The number of likely N-dealkylation sites (tertiary alicyclic amines) is 1. The molecule has 2 N–H and O–H groups in total. The fourth-order valence-corrected chi connectivity index (χ4v) is 4.95. The van der Waals surface area contributed by atoms with Crippen LogP contribution in [0.5, 0.6) is 10.9 Å². The minimum absolute atomic E-state index is 0.0505. The predicted octanol–water partition coefficient (Wildman–Crippen LogP) is 4.34. The molecule has 4 aromatic rings. The molecule has 1 amide bonds. The first kappa shape index (κ1) is 23.7. The number of amides is 1. The van der Waals surface area contributed by atoms with E-state index in [0.717, 1.165) is 53.7 Å². The van der Waals surface area contributed by atoms with Crippen LogP contribution in [0, 0.1) is 6.92 Å². The van der Waals surface area contributed by atoms with E-state index < -0.39 is 0 Å². The molecule has 4 heterocycles. The van der Waals surface area contributed by atoms with Gasteiger partial charge >= 0.3 is 0 Å². The second kappa shape index (κ2) is 10.6. The van der Waals surface area contributed by atoms with Crippen LogP contribution in [0.1, 0.15) is 30.9 Å². The Morgan fingerprint density at radius 2 is 2.12 bits per heavy atom. The van der Waals surface area contributed by atoms with Gasteiger partial charge in [0.05, 0.1) is 11.0 Å². The van der Waals surface area contributed by atoms with Crippen molar-refractivity contribution >= 4 is 45.0 Å². The van der Waals surface area contributed by atoms with E-state index in [-0.39, 0.29) is 18.4 Å². The molecule has 5 rings (SSSR count). The van der Waals surface area contributed by atoms with E-state index in [2.05, 4.69) is 26.3 Å². The van der Waals surface area contributed by atoms with Crippen molar-refractivity contribution in [1.82, 2.24) is 20.2 Å². The van der Waals surface area contributed by atoms with Crippen LogP contribution in [-0.2, 0) is 16.1 Å². The number of nitrogens with one attached hydrogen (secondary N) is 1. The molecular weight excluding hydrogens is 456 g/mol. The molecule has 0 spiro atoms. The monoisotopic (exact) mass is 482 g/mol. The quantitative estimate of drug-likeness (QED) is 0.404. The van der Waals surface area contributed by atoms with Crippen molar-refractivity contribution < 1.29 is 23.8 Å². The first-order chi connectivity index (χ1) is 16.4. The van der Waals surface area contributed by atoms with E-state index in [1.54, 1.807) is 6.92 Å². The number of ether oxygens (including phenoxy) is 1. The molecule has 1 aliphatic heterocycles. The molecule has 0 unspecified atom stereocenters. The van der Waals surface area contributed by atoms with E-state index in [1.807, 2.05) is 37.6 Å². The van der Waals surface area contributed by atoms with Crippen molar-refractivity contribution in [3.05, 3.63) is 47.9 Å². The van der Waals surface area contributed by atoms with Crippen LogP contribution in [0.15, 0.2) is 41.1 Å². The number of fused-ring (bicyclic) bond motifs is 2. The largest absolute Gasteiger partial charge is 0.483 e. The van der Waals surface area contributed by atoms with Crippen LogP contribution in [0.3, 0.4) is 0 Å². The number of aromatic nitrogens is 2. The number of carbonyl (C=O) groups is 2. The van der Waals surface area contributed by atoms with E-state index in [4.69, 9.17) is 19.1 Å². The van der Waals surface area contributed by atoms with Gasteiger partial charge in [0.15, 0.2) is 5.65 Å². The summed E-state index contributed by atoms with van der Waals surface area (Å²) in [5.41, 5.74) is 3.77. The molecule has 0 bridgehead atoms. The van der Waals surface area contributed by atoms with Gasteiger partial charge in [-0.25, -0.2) is 4.98 Å². The van der Waals surface area contributed by atoms with E-state index >= 15 is 0 Å². The average molecular weight is 483 g/mol.